The topological polar surface area (TPSA) is 219 Å². The fraction of sp³-hybridized carbons (Fsp3) is 0.492. The van der Waals surface area contributed by atoms with Crippen LogP contribution in [0.4, 0.5) is 0 Å². The highest BCUT2D eigenvalue weighted by atomic mass is 16.5. The monoisotopic (exact) mass is 1070 g/mol. The summed E-state index contributed by atoms with van der Waals surface area (Å²) in [5.74, 6) is -2.72. The van der Waals surface area contributed by atoms with Gasteiger partial charge >= 0.3 is 0 Å². The minimum Gasteiger partial charge on any atom is -0.489 e. The molecule has 3 aliphatic carbocycles. The predicted octanol–water partition coefficient (Wildman–Crippen LogP) is 5.88. The van der Waals surface area contributed by atoms with Gasteiger partial charge in [-0.3, -0.25) is 39.0 Å². The second kappa shape index (κ2) is 25.6. The summed E-state index contributed by atoms with van der Waals surface area (Å²) in [6.07, 6.45) is 7.47. The van der Waals surface area contributed by atoms with Gasteiger partial charge in [0.2, 0.25) is 29.5 Å². The van der Waals surface area contributed by atoms with Crippen molar-refractivity contribution in [1.82, 2.24) is 47.2 Å². The highest BCUT2D eigenvalue weighted by molar-refractivity contribution is 5.96. The number of amides is 7. The third-order valence-corrected chi connectivity index (χ3v) is 16.2. The standard InChI is InChI=1S/C61H79N9O8/c1-37(62-6)54(71)67-53(61(3,4)5)60(77)69-35-44(33-52(69)58(75)66-51-24-13-18-42-16-9-11-20-47(42)51)64-56(73)43-29-25-40(26-30-43)36-78-45-31-27-39(28-32-45)34-70(68-55(72)38(2)63-7)59(76)49-22-14-21-48(49)57(74)65-50-23-12-17-41-15-8-10-19-46(41)50/h8-11,15-16,19-20,25-32,37-38,44,48-53,62-63H,12-14,17-18,21-24,33-36H2,1-7H3,(H,64,73)(H,65,74)(H,66,75)(H,67,71)(H,68,72)/t37?,38?,44-,48-,49-,50+,51+,52?,53?/m0/s1. The van der Waals surface area contributed by atoms with Gasteiger partial charge < -0.3 is 41.5 Å². The number of carbonyl (C=O) groups is 7. The van der Waals surface area contributed by atoms with Crippen molar-refractivity contribution in [3.63, 3.8) is 0 Å². The fourth-order valence-electron chi connectivity index (χ4n) is 11.4. The van der Waals surface area contributed by atoms with Crippen LogP contribution in [0.15, 0.2) is 97.1 Å². The summed E-state index contributed by atoms with van der Waals surface area (Å²) in [7, 11) is 3.35. The van der Waals surface area contributed by atoms with Crippen molar-refractivity contribution in [1.29, 1.82) is 0 Å². The molecule has 0 bridgehead atoms. The molecule has 17 heteroatoms. The van der Waals surface area contributed by atoms with E-state index in [1.807, 2.05) is 63.2 Å². The SMILES string of the molecule is CNC(C)C(=O)NC(C(=O)N1C[C@@H](NC(=O)c2ccc(COc3ccc(CN(NC(=O)C(C)NC)C(=O)[C@H]4CCC[C@@H]4C(=O)N[C@@H]4CCCc5ccccc54)cc3)cc2)CC1C(=O)N[C@@H]1CCCc2ccccc21)C(C)(C)C. The van der Waals surface area contributed by atoms with Gasteiger partial charge in [-0.1, -0.05) is 100.0 Å². The van der Waals surface area contributed by atoms with Crippen LogP contribution < -0.4 is 42.1 Å². The molecule has 4 unspecified atom stereocenters. The van der Waals surface area contributed by atoms with Crippen molar-refractivity contribution in [2.75, 3.05) is 20.6 Å². The number of carbonyl (C=O) groups excluding carboxylic acids is 7. The molecule has 0 radical (unpaired) electrons. The molecule has 1 saturated carbocycles. The maximum Gasteiger partial charge on any atom is 0.255 e. The number of nitrogens with zero attached hydrogens (tertiary/aromatic N) is 2. The molecule has 1 saturated heterocycles. The second-order valence-electron chi connectivity index (χ2n) is 22.7. The van der Waals surface area contributed by atoms with Gasteiger partial charge in [0, 0.05) is 24.1 Å². The van der Waals surface area contributed by atoms with Gasteiger partial charge in [0.1, 0.15) is 24.4 Å². The number of hydrogen-bond donors (Lipinski definition) is 7. The van der Waals surface area contributed by atoms with E-state index in [4.69, 9.17) is 4.74 Å². The average molecular weight is 1070 g/mol. The number of nitrogens with one attached hydrogen (secondary N) is 7. The molecule has 416 valence electrons. The molecule has 9 atom stereocenters. The van der Waals surface area contributed by atoms with Crippen LogP contribution in [0, 0.1) is 17.3 Å². The van der Waals surface area contributed by atoms with Crippen LogP contribution in [0.1, 0.15) is 142 Å². The summed E-state index contributed by atoms with van der Waals surface area (Å²) in [5, 5.41) is 19.7. The van der Waals surface area contributed by atoms with Crippen molar-refractivity contribution in [2.45, 2.75) is 154 Å². The highest BCUT2D eigenvalue weighted by Crippen LogP contribution is 2.37. The molecule has 7 amide bonds. The van der Waals surface area contributed by atoms with Gasteiger partial charge in [0.25, 0.3) is 11.8 Å². The number of hydrogen-bond acceptors (Lipinski definition) is 10. The summed E-state index contributed by atoms with van der Waals surface area (Å²) in [6.45, 7) is 9.39. The lowest BCUT2D eigenvalue weighted by Gasteiger charge is -2.36. The van der Waals surface area contributed by atoms with E-state index in [1.54, 1.807) is 64.3 Å². The molecule has 78 heavy (non-hydrogen) atoms. The summed E-state index contributed by atoms with van der Waals surface area (Å²) in [4.78, 5) is 98.9. The number of fused-ring (bicyclic) bond motifs is 2. The van der Waals surface area contributed by atoms with E-state index in [-0.39, 0.29) is 73.6 Å². The van der Waals surface area contributed by atoms with Crippen LogP contribution in [0.25, 0.3) is 0 Å². The molecule has 2 fully saturated rings. The Morgan fingerprint density at radius 3 is 1.82 bits per heavy atom. The largest absolute Gasteiger partial charge is 0.489 e. The first-order chi connectivity index (χ1) is 37.4. The van der Waals surface area contributed by atoms with E-state index in [1.165, 1.54) is 21.0 Å². The number of rotatable bonds is 18. The first kappa shape index (κ1) is 57.1. The maximum absolute atomic E-state index is 14.6. The van der Waals surface area contributed by atoms with E-state index >= 15 is 0 Å². The summed E-state index contributed by atoms with van der Waals surface area (Å²) < 4.78 is 6.14. The molecule has 1 aliphatic heterocycles. The van der Waals surface area contributed by atoms with E-state index in [9.17, 15) is 33.6 Å². The van der Waals surface area contributed by atoms with Crippen LogP contribution in [0.3, 0.4) is 0 Å². The van der Waals surface area contributed by atoms with E-state index in [0.717, 1.165) is 67.2 Å². The normalized spacial score (nSPS) is 21.9. The Bertz CT molecular complexity index is 2800. The number of ether oxygens (including phenoxy) is 1. The quantitative estimate of drug-likeness (QED) is 0.0588. The van der Waals surface area contributed by atoms with Gasteiger partial charge in [-0.05, 0) is 149 Å². The molecule has 7 N–H and O–H groups in total. The average Bonchev–Trinajstić information content (AvgIpc) is 4.12. The van der Waals surface area contributed by atoms with Gasteiger partial charge in [-0.15, -0.1) is 0 Å². The van der Waals surface area contributed by atoms with Crippen LogP contribution in [-0.2, 0) is 54.8 Å². The molecular weight excluding hydrogens is 987 g/mol. The zero-order valence-electron chi connectivity index (χ0n) is 46.3. The first-order valence-corrected chi connectivity index (χ1v) is 27.9. The maximum atomic E-state index is 14.6. The highest BCUT2D eigenvalue weighted by Gasteiger charge is 2.46. The van der Waals surface area contributed by atoms with E-state index in [2.05, 4.69) is 55.5 Å². The summed E-state index contributed by atoms with van der Waals surface area (Å²) >= 11 is 0. The van der Waals surface area contributed by atoms with Crippen LogP contribution in [0.5, 0.6) is 5.75 Å². The number of likely N-dealkylation sites (tertiary alicyclic amines) is 1. The van der Waals surface area contributed by atoms with Gasteiger partial charge in [0.05, 0.1) is 36.6 Å². The van der Waals surface area contributed by atoms with Crippen molar-refractivity contribution >= 4 is 41.4 Å². The summed E-state index contributed by atoms with van der Waals surface area (Å²) in [6, 6.07) is 26.7. The van der Waals surface area contributed by atoms with E-state index in [0.29, 0.717) is 24.2 Å². The van der Waals surface area contributed by atoms with Gasteiger partial charge in [0.15, 0.2) is 0 Å². The Morgan fingerprint density at radius 1 is 0.654 bits per heavy atom. The smallest absolute Gasteiger partial charge is 0.255 e. The van der Waals surface area contributed by atoms with Gasteiger partial charge in [-0.25, -0.2) is 5.01 Å². The lowest BCUT2D eigenvalue weighted by atomic mass is 9.85. The molecule has 1 heterocycles. The third kappa shape index (κ3) is 13.8. The molecule has 0 aromatic heterocycles. The Balaban J connectivity index is 0.886. The third-order valence-electron chi connectivity index (χ3n) is 16.2. The minimum atomic E-state index is -0.941. The van der Waals surface area contributed by atoms with Crippen LogP contribution in [-0.4, -0.2) is 102 Å². The van der Waals surface area contributed by atoms with Crippen molar-refractivity contribution in [2.24, 2.45) is 17.3 Å². The number of hydrazine groups is 1. The van der Waals surface area contributed by atoms with Gasteiger partial charge in [-0.2, -0.15) is 0 Å². The minimum absolute atomic E-state index is 0.0768. The number of likely N-dealkylation sites (N-methyl/N-ethyl adjacent to an activating group) is 2. The molecule has 4 aromatic rings. The van der Waals surface area contributed by atoms with Crippen LogP contribution >= 0.6 is 0 Å². The number of benzene rings is 4. The Labute approximate surface area is 459 Å². The fourth-order valence-corrected chi connectivity index (χ4v) is 11.4. The molecule has 8 rings (SSSR count). The zero-order chi connectivity index (χ0) is 55.7. The second-order valence-corrected chi connectivity index (χ2v) is 22.7. The lowest BCUT2D eigenvalue weighted by Crippen LogP contribution is -2.59. The molecular formula is C61H79N9O8. The number of aryl methyl sites for hydroxylation is 2. The Hall–Kier alpha value is -7.11. The Kier molecular flexibility index (Phi) is 18.7. The van der Waals surface area contributed by atoms with E-state index < -0.39 is 53.4 Å². The molecule has 17 nitrogen and oxygen atoms in total. The van der Waals surface area contributed by atoms with Crippen molar-refractivity contribution in [3.8, 4) is 5.75 Å². The molecule has 0 spiro atoms. The summed E-state index contributed by atoms with van der Waals surface area (Å²) in [5.41, 5.74) is 8.72. The van der Waals surface area contributed by atoms with Crippen molar-refractivity contribution < 1.29 is 38.3 Å². The Morgan fingerprint density at radius 2 is 1.22 bits per heavy atom. The first-order valence-electron chi connectivity index (χ1n) is 27.9. The molecule has 4 aromatic carbocycles. The van der Waals surface area contributed by atoms with Crippen molar-refractivity contribution in [3.05, 3.63) is 136 Å². The predicted molar refractivity (Wildman–Crippen MR) is 297 cm³/mol. The van der Waals surface area contributed by atoms with Crippen LogP contribution in [0.2, 0.25) is 0 Å². The lowest BCUT2D eigenvalue weighted by molar-refractivity contribution is -0.148. The molecule has 4 aliphatic rings. The zero-order valence-corrected chi connectivity index (χ0v) is 46.3.